The van der Waals surface area contributed by atoms with Gasteiger partial charge in [-0.2, -0.15) is 0 Å². The largest absolute Gasteiger partial charge is 0.340 e. The van der Waals surface area contributed by atoms with E-state index in [-0.39, 0.29) is 5.91 Å². The number of nitrogens with zero attached hydrogens (tertiary/aromatic N) is 2. The first-order valence-electron chi connectivity index (χ1n) is 7.33. The van der Waals surface area contributed by atoms with E-state index in [1.165, 1.54) is 6.33 Å². The van der Waals surface area contributed by atoms with Crippen LogP contribution in [0.1, 0.15) is 16.1 Å². The maximum absolute atomic E-state index is 12.3. The van der Waals surface area contributed by atoms with Crippen molar-refractivity contribution in [2.75, 3.05) is 10.6 Å². The Bertz CT molecular complexity index is 865. The minimum Gasteiger partial charge on any atom is -0.340 e. The molecule has 1 aromatic heterocycles. The number of amides is 1. The summed E-state index contributed by atoms with van der Waals surface area (Å²) in [5.74, 6) is 0.274. The maximum Gasteiger partial charge on any atom is 0.274 e. The predicted octanol–water partition coefficient (Wildman–Crippen LogP) is 4.54. The SMILES string of the molecule is Cc1ccc(NC(=O)c2cc(Nc3cccc(Br)c3)ncn2)cc1. The molecule has 0 atom stereocenters. The van der Waals surface area contributed by atoms with Gasteiger partial charge in [-0.1, -0.05) is 39.7 Å². The number of anilines is 3. The minimum atomic E-state index is -0.279. The minimum absolute atomic E-state index is 0.279. The third-order valence-corrected chi connectivity index (χ3v) is 3.80. The molecule has 2 N–H and O–H groups in total. The van der Waals surface area contributed by atoms with E-state index in [0.717, 1.165) is 21.4 Å². The van der Waals surface area contributed by atoms with Gasteiger partial charge in [-0.05, 0) is 37.3 Å². The average Bonchev–Trinajstić information content (AvgIpc) is 2.57. The topological polar surface area (TPSA) is 66.9 Å². The Morgan fingerprint density at radius 3 is 2.54 bits per heavy atom. The van der Waals surface area contributed by atoms with Gasteiger partial charge in [0.1, 0.15) is 17.8 Å². The maximum atomic E-state index is 12.3. The molecule has 0 aliphatic rings. The molecule has 3 aromatic rings. The van der Waals surface area contributed by atoms with Crippen molar-refractivity contribution in [1.29, 1.82) is 0 Å². The molecule has 120 valence electrons. The van der Waals surface area contributed by atoms with Crippen LogP contribution in [0.5, 0.6) is 0 Å². The molecule has 1 heterocycles. The number of carbonyl (C=O) groups excluding carboxylic acids is 1. The summed E-state index contributed by atoms with van der Waals surface area (Å²) in [6.07, 6.45) is 1.37. The molecule has 0 unspecified atom stereocenters. The van der Waals surface area contributed by atoms with Crippen LogP contribution in [0.4, 0.5) is 17.2 Å². The Labute approximate surface area is 148 Å². The summed E-state index contributed by atoms with van der Waals surface area (Å²) >= 11 is 3.42. The molecule has 5 nitrogen and oxygen atoms in total. The number of halogens is 1. The molecule has 1 amide bonds. The Kier molecular flexibility index (Phi) is 4.86. The highest BCUT2D eigenvalue weighted by molar-refractivity contribution is 9.10. The van der Waals surface area contributed by atoms with Crippen LogP contribution in [0.3, 0.4) is 0 Å². The number of aromatic nitrogens is 2. The van der Waals surface area contributed by atoms with E-state index in [9.17, 15) is 4.79 Å². The second-order valence-electron chi connectivity index (χ2n) is 5.24. The van der Waals surface area contributed by atoms with Crippen molar-refractivity contribution in [3.05, 3.63) is 76.7 Å². The van der Waals surface area contributed by atoms with Crippen molar-refractivity contribution in [2.45, 2.75) is 6.92 Å². The summed E-state index contributed by atoms with van der Waals surface area (Å²) in [4.78, 5) is 20.5. The molecular formula is C18H15BrN4O. The zero-order valence-corrected chi connectivity index (χ0v) is 14.5. The molecule has 0 radical (unpaired) electrons. The summed E-state index contributed by atoms with van der Waals surface area (Å²) in [5.41, 5.74) is 3.03. The second-order valence-corrected chi connectivity index (χ2v) is 6.16. The molecule has 24 heavy (non-hydrogen) atoms. The summed E-state index contributed by atoms with van der Waals surface area (Å²) in [5, 5.41) is 5.97. The monoisotopic (exact) mass is 382 g/mol. The third kappa shape index (κ3) is 4.17. The van der Waals surface area contributed by atoms with E-state index in [1.807, 2.05) is 55.5 Å². The number of aryl methyl sites for hydroxylation is 1. The van der Waals surface area contributed by atoms with Crippen LogP contribution in [0, 0.1) is 6.92 Å². The number of nitrogens with one attached hydrogen (secondary N) is 2. The molecule has 0 aliphatic heterocycles. The summed E-state index contributed by atoms with van der Waals surface area (Å²) in [6.45, 7) is 2.00. The molecule has 3 rings (SSSR count). The Hall–Kier alpha value is -2.73. The van der Waals surface area contributed by atoms with E-state index in [0.29, 0.717) is 11.5 Å². The van der Waals surface area contributed by atoms with Crippen molar-refractivity contribution in [1.82, 2.24) is 9.97 Å². The number of hydrogen-bond donors (Lipinski definition) is 2. The second kappa shape index (κ2) is 7.23. The fourth-order valence-corrected chi connectivity index (χ4v) is 2.50. The summed E-state index contributed by atoms with van der Waals surface area (Å²) in [7, 11) is 0. The highest BCUT2D eigenvalue weighted by Crippen LogP contribution is 2.19. The van der Waals surface area contributed by atoms with Gasteiger partial charge in [0.15, 0.2) is 0 Å². The van der Waals surface area contributed by atoms with E-state index in [1.54, 1.807) is 6.07 Å². The molecule has 2 aromatic carbocycles. The van der Waals surface area contributed by atoms with Crippen LogP contribution in [-0.2, 0) is 0 Å². The molecule has 0 spiro atoms. The Morgan fingerprint density at radius 2 is 1.79 bits per heavy atom. The van der Waals surface area contributed by atoms with E-state index in [4.69, 9.17) is 0 Å². The lowest BCUT2D eigenvalue weighted by Gasteiger charge is -2.08. The van der Waals surface area contributed by atoms with Crippen LogP contribution in [0.25, 0.3) is 0 Å². The van der Waals surface area contributed by atoms with Gasteiger partial charge in [0.2, 0.25) is 0 Å². The molecule has 0 saturated carbocycles. The van der Waals surface area contributed by atoms with Gasteiger partial charge in [0.05, 0.1) is 0 Å². The van der Waals surface area contributed by atoms with Crippen molar-refractivity contribution >= 4 is 39.0 Å². The van der Waals surface area contributed by atoms with Crippen LogP contribution in [-0.4, -0.2) is 15.9 Å². The molecule has 0 aliphatic carbocycles. The van der Waals surface area contributed by atoms with Crippen LogP contribution in [0.2, 0.25) is 0 Å². The Balaban J connectivity index is 1.74. The number of carbonyl (C=O) groups is 1. The standard InChI is InChI=1S/C18H15BrN4O/c1-12-5-7-14(8-6-12)23-18(24)16-10-17(21-11-20-16)22-15-4-2-3-13(19)9-15/h2-11H,1H3,(H,23,24)(H,20,21,22). The predicted molar refractivity (Wildman–Crippen MR) is 98.6 cm³/mol. The zero-order valence-electron chi connectivity index (χ0n) is 13.0. The molecule has 0 bridgehead atoms. The number of benzene rings is 2. The van der Waals surface area contributed by atoms with Crippen molar-refractivity contribution in [3.63, 3.8) is 0 Å². The fourth-order valence-electron chi connectivity index (χ4n) is 2.10. The Morgan fingerprint density at radius 1 is 1.00 bits per heavy atom. The normalized spacial score (nSPS) is 10.2. The van der Waals surface area contributed by atoms with E-state index < -0.39 is 0 Å². The van der Waals surface area contributed by atoms with Gasteiger partial charge in [-0.3, -0.25) is 4.79 Å². The summed E-state index contributed by atoms with van der Waals surface area (Å²) in [6, 6.07) is 16.9. The van der Waals surface area contributed by atoms with Gasteiger partial charge in [-0.15, -0.1) is 0 Å². The molecule has 0 fully saturated rings. The lowest BCUT2D eigenvalue weighted by molar-refractivity contribution is 0.102. The van der Waals surface area contributed by atoms with Gasteiger partial charge >= 0.3 is 0 Å². The molecule has 0 saturated heterocycles. The van der Waals surface area contributed by atoms with Crippen LogP contribution >= 0.6 is 15.9 Å². The third-order valence-electron chi connectivity index (χ3n) is 3.31. The number of hydrogen-bond acceptors (Lipinski definition) is 4. The average molecular weight is 383 g/mol. The van der Waals surface area contributed by atoms with Crippen molar-refractivity contribution in [2.24, 2.45) is 0 Å². The first-order valence-corrected chi connectivity index (χ1v) is 8.12. The van der Waals surface area contributed by atoms with Crippen LogP contribution < -0.4 is 10.6 Å². The van der Waals surface area contributed by atoms with Crippen molar-refractivity contribution in [3.8, 4) is 0 Å². The summed E-state index contributed by atoms with van der Waals surface area (Å²) < 4.78 is 0.957. The van der Waals surface area contributed by atoms with Gasteiger partial charge < -0.3 is 10.6 Å². The molecular weight excluding hydrogens is 368 g/mol. The lowest BCUT2D eigenvalue weighted by atomic mass is 10.2. The van der Waals surface area contributed by atoms with E-state index >= 15 is 0 Å². The zero-order chi connectivity index (χ0) is 16.9. The first kappa shape index (κ1) is 16.1. The van der Waals surface area contributed by atoms with E-state index in [2.05, 4.69) is 36.5 Å². The van der Waals surface area contributed by atoms with Gasteiger partial charge in [-0.25, -0.2) is 9.97 Å². The first-order chi connectivity index (χ1) is 11.6. The molecule has 6 heteroatoms. The van der Waals surface area contributed by atoms with Gasteiger partial charge in [0, 0.05) is 21.9 Å². The number of rotatable bonds is 4. The lowest BCUT2D eigenvalue weighted by Crippen LogP contribution is -2.14. The highest BCUT2D eigenvalue weighted by atomic mass is 79.9. The quantitative estimate of drug-likeness (QED) is 0.694. The van der Waals surface area contributed by atoms with Gasteiger partial charge in [0.25, 0.3) is 5.91 Å². The van der Waals surface area contributed by atoms with Crippen molar-refractivity contribution < 1.29 is 4.79 Å². The fraction of sp³-hybridized carbons (Fsp3) is 0.0556. The smallest absolute Gasteiger partial charge is 0.274 e. The van der Waals surface area contributed by atoms with Crippen LogP contribution in [0.15, 0.2) is 65.4 Å². The highest BCUT2D eigenvalue weighted by Gasteiger charge is 2.09.